The summed E-state index contributed by atoms with van der Waals surface area (Å²) in [5.74, 6) is 0. The van der Waals surface area contributed by atoms with Crippen molar-refractivity contribution in [2.24, 2.45) is 0 Å². The zero-order valence-corrected chi connectivity index (χ0v) is 8.80. The van der Waals surface area contributed by atoms with Crippen LogP contribution in [0.5, 0.6) is 0 Å². The molecule has 0 saturated heterocycles. The smallest absolute Gasteiger partial charge is 0.0622 e. The summed E-state index contributed by atoms with van der Waals surface area (Å²) in [7, 11) is 0. The SMILES string of the molecule is Cc1ccc(NCCCC#N)c(C)c1. The zero-order chi connectivity index (χ0) is 10.4. The Labute approximate surface area is 85.6 Å². The molecule has 0 amide bonds. The van der Waals surface area contributed by atoms with Crippen LogP contribution in [0.4, 0.5) is 5.69 Å². The number of unbranched alkanes of at least 4 members (excludes halogenated alkanes) is 1. The fourth-order valence-corrected chi connectivity index (χ4v) is 1.40. The molecule has 0 aliphatic carbocycles. The van der Waals surface area contributed by atoms with Gasteiger partial charge in [-0.15, -0.1) is 0 Å². The fourth-order valence-electron chi connectivity index (χ4n) is 1.40. The molecule has 0 fully saturated rings. The fraction of sp³-hybridized carbons (Fsp3) is 0.417. The minimum atomic E-state index is 0.623. The van der Waals surface area contributed by atoms with Crippen LogP contribution in [0.3, 0.4) is 0 Å². The first-order valence-electron chi connectivity index (χ1n) is 4.92. The van der Waals surface area contributed by atoms with Gasteiger partial charge in [0.1, 0.15) is 0 Å². The summed E-state index contributed by atoms with van der Waals surface area (Å²) in [6.45, 7) is 5.06. The molecule has 0 atom stereocenters. The lowest BCUT2D eigenvalue weighted by Crippen LogP contribution is -2.02. The maximum Gasteiger partial charge on any atom is 0.0622 e. The van der Waals surface area contributed by atoms with Crippen LogP contribution in [-0.2, 0) is 0 Å². The van der Waals surface area contributed by atoms with Crippen molar-refractivity contribution in [2.45, 2.75) is 26.7 Å². The lowest BCUT2D eigenvalue weighted by molar-refractivity contribution is 0.896. The van der Waals surface area contributed by atoms with E-state index in [-0.39, 0.29) is 0 Å². The number of nitrogens with zero attached hydrogens (tertiary/aromatic N) is 1. The Kier molecular flexibility index (Phi) is 4.00. The third-order valence-corrected chi connectivity index (χ3v) is 2.16. The molecule has 0 aliphatic rings. The summed E-state index contributed by atoms with van der Waals surface area (Å²) in [4.78, 5) is 0. The number of benzene rings is 1. The first-order valence-corrected chi connectivity index (χ1v) is 4.92. The Morgan fingerprint density at radius 3 is 2.79 bits per heavy atom. The Morgan fingerprint density at radius 1 is 1.36 bits per heavy atom. The largest absolute Gasteiger partial charge is 0.385 e. The van der Waals surface area contributed by atoms with E-state index in [1.54, 1.807) is 0 Å². The van der Waals surface area contributed by atoms with Crippen molar-refractivity contribution in [3.8, 4) is 6.07 Å². The van der Waals surface area contributed by atoms with Crippen molar-refractivity contribution in [2.75, 3.05) is 11.9 Å². The van der Waals surface area contributed by atoms with Crippen LogP contribution >= 0.6 is 0 Å². The van der Waals surface area contributed by atoms with Crippen LogP contribution in [-0.4, -0.2) is 6.54 Å². The molecule has 0 saturated carbocycles. The molecule has 0 radical (unpaired) electrons. The number of aryl methyl sites for hydroxylation is 2. The average Bonchev–Trinajstić information content (AvgIpc) is 2.15. The molecule has 1 rings (SSSR count). The van der Waals surface area contributed by atoms with Gasteiger partial charge < -0.3 is 5.32 Å². The minimum absolute atomic E-state index is 0.623. The third-order valence-electron chi connectivity index (χ3n) is 2.16. The van der Waals surface area contributed by atoms with Gasteiger partial charge in [-0.25, -0.2) is 0 Å². The molecule has 1 aromatic rings. The monoisotopic (exact) mass is 188 g/mol. The number of rotatable bonds is 4. The molecule has 2 heteroatoms. The van der Waals surface area contributed by atoms with E-state index in [0.717, 1.165) is 13.0 Å². The lowest BCUT2D eigenvalue weighted by atomic mass is 10.1. The van der Waals surface area contributed by atoms with Gasteiger partial charge >= 0.3 is 0 Å². The molecule has 0 heterocycles. The zero-order valence-electron chi connectivity index (χ0n) is 8.80. The van der Waals surface area contributed by atoms with Gasteiger partial charge in [0, 0.05) is 18.7 Å². The van der Waals surface area contributed by atoms with Crippen molar-refractivity contribution >= 4 is 5.69 Å². The van der Waals surface area contributed by atoms with Gasteiger partial charge in [0.25, 0.3) is 0 Å². The molecular weight excluding hydrogens is 172 g/mol. The van der Waals surface area contributed by atoms with Crippen molar-refractivity contribution in [1.29, 1.82) is 5.26 Å². The van der Waals surface area contributed by atoms with Crippen molar-refractivity contribution < 1.29 is 0 Å². The number of nitriles is 1. The van der Waals surface area contributed by atoms with Gasteiger partial charge in [-0.05, 0) is 31.9 Å². The summed E-state index contributed by atoms with van der Waals surface area (Å²) >= 11 is 0. The van der Waals surface area contributed by atoms with E-state index in [4.69, 9.17) is 5.26 Å². The summed E-state index contributed by atoms with van der Waals surface area (Å²) in [6, 6.07) is 8.49. The maximum atomic E-state index is 8.38. The molecule has 0 spiro atoms. The summed E-state index contributed by atoms with van der Waals surface area (Å²) in [5, 5.41) is 11.7. The molecular formula is C12H16N2. The van der Waals surface area contributed by atoms with Gasteiger partial charge in [-0.3, -0.25) is 0 Å². The van der Waals surface area contributed by atoms with Gasteiger partial charge in [0.15, 0.2) is 0 Å². The highest BCUT2D eigenvalue weighted by Crippen LogP contribution is 2.15. The second-order valence-electron chi connectivity index (χ2n) is 3.51. The molecule has 74 valence electrons. The van der Waals surface area contributed by atoms with E-state index in [1.807, 2.05) is 0 Å². The predicted molar refractivity (Wildman–Crippen MR) is 59.3 cm³/mol. The Morgan fingerprint density at radius 2 is 2.14 bits per heavy atom. The van der Waals surface area contributed by atoms with Gasteiger partial charge in [0.2, 0.25) is 0 Å². The minimum Gasteiger partial charge on any atom is -0.385 e. The molecule has 14 heavy (non-hydrogen) atoms. The van der Waals surface area contributed by atoms with Gasteiger partial charge in [0.05, 0.1) is 6.07 Å². The van der Waals surface area contributed by atoms with Crippen LogP contribution in [0.2, 0.25) is 0 Å². The normalized spacial score (nSPS) is 9.50. The second-order valence-corrected chi connectivity index (χ2v) is 3.51. The summed E-state index contributed by atoms with van der Waals surface area (Å²) in [6.07, 6.45) is 1.53. The highest BCUT2D eigenvalue weighted by molar-refractivity contribution is 5.51. The number of nitrogens with one attached hydrogen (secondary N) is 1. The van der Waals surface area contributed by atoms with Crippen molar-refractivity contribution in [3.05, 3.63) is 29.3 Å². The molecule has 0 bridgehead atoms. The lowest BCUT2D eigenvalue weighted by Gasteiger charge is -2.08. The highest BCUT2D eigenvalue weighted by atomic mass is 14.9. The highest BCUT2D eigenvalue weighted by Gasteiger charge is 1.96. The number of hydrogen-bond acceptors (Lipinski definition) is 2. The predicted octanol–water partition coefficient (Wildman–Crippen LogP) is 3.02. The summed E-state index contributed by atoms with van der Waals surface area (Å²) < 4.78 is 0. The van der Waals surface area contributed by atoms with Crippen LogP contribution in [0.15, 0.2) is 18.2 Å². The molecule has 0 aliphatic heterocycles. The van der Waals surface area contributed by atoms with E-state index >= 15 is 0 Å². The Bertz CT molecular complexity index is 337. The van der Waals surface area contributed by atoms with E-state index in [1.165, 1.54) is 16.8 Å². The molecule has 1 N–H and O–H groups in total. The molecule has 0 unspecified atom stereocenters. The summed E-state index contributed by atoms with van der Waals surface area (Å²) in [5.41, 5.74) is 3.72. The van der Waals surface area contributed by atoms with Crippen LogP contribution in [0.25, 0.3) is 0 Å². The number of hydrogen-bond donors (Lipinski definition) is 1. The average molecular weight is 188 g/mol. The van der Waals surface area contributed by atoms with E-state index in [2.05, 4.69) is 43.4 Å². The molecule has 1 aromatic carbocycles. The van der Waals surface area contributed by atoms with E-state index < -0.39 is 0 Å². The maximum absolute atomic E-state index is 8.38. The quantitative estimate of drug-likeness (QED) is 0.737. The Hall–Kier alpha value is -1.49. The van der Waals surface area contributed by atoms with Gasteiger partial charge in [-0.2, -0.15) is 5.26 Å². The number of anilines is 1. The van der Waals surface area contributed by atoms with Crippen LogP contribution in [0, 0.1) is 25.2 Å². The Balaban J connectivity index is 2.47. The van der Waals surface area contributed by atoms with E-state index in [9.17, 15) is 0 Å². The van der Waals surface area contributed by atoms with Crippen molar-refractivity contribution in [3.63, 3.8) is 0 Å². The van der Waals surface area contributed by atoms with Crippen molar-refractivity contribution in [1.82, 2.24) is 0 Å². The second kappa shape index (κ2) is 5.29. The van der Waals surface area contributed by atoms with Crippen LogP contribution < -0.4 is 5.32 Å². The van der Waals surface area contributed by atoms with E-state index in [0.29, 0.717) is 6.42 Å². The molecule has 2 nitrogen and oxygen atoms in total. The first-order chi connectivity index (χ1) is 6.74. The topological polar surface area (TPSA) is 35.8 Å². The third kappa shape index (κ3) is 3.10. The molecule has 0 aromatic heterocycles. The van der Waals surface area contributed by atoms with Crippen LogP contribution in [0.1, 0.15) is 24.0 Å². The van der Waals surface area contributed by atoms with Gasteiger partial charge in [-0.1, -0.05) is 17.7 Å². The first kappa shape index (κ1) is 10.6. The standard InChI is InChI=1S/C12H16N2/c1-10-5-6-12(11(2)9-10)14-8-4-3-7-13/h5-6,9,14H,3-4,8H2,1-2H3.